The van der Waals surface area contributed by atoms with E-state index in [9.17, 15) is 0 Å². The van der Waals surface area contributed by atoms with E-state index in [0.717, 1.165) is 7.35 Å². The summed E-state index contributed by atoms with van der Waals surface area (Å²) in [6.45, 7) is 4.47. The van der Waals surface area contributed by atoms with E-state index in [1.807, 2.05) is 0 Å². The molecule has 1 aromatic carbocycles. The molecule has 0 nitrogen and oxygen atoms in total. The zero-order chi connectivity index (χ0) is 13.6. The van der Waals surface area contributed by atoms with Crippen molar-refractivity contribution in [3.05, 3.63) is 65.3 Å². The second-order valence-electron chi connectivity index (χ2n) is 6.54. The average molecular weight is 666 g/mol. The molecule has 0 radical (unpaired) electrons. The topological polar surface area (TPSA) is 0 Å². The predicted molar refractivity (Wildman–Crippen MR) is 81.3 cm³/mol. The van der Waals surface area contributed by atoms with E-state index in [2.05, 4.69) is 71.8 Å². The van der Waals surface area contributed by atoms with Crippen LogP contribution in [0.3, 0.4) is 0 Å². The van der Waals surface area contributed by atoms with Gasteiger partial charge in [-0.3, -0.25) is 0 Å². The Morgan fingerprint density at radius 2 is 1.55 bits per heavy atom. The molecular formula is C18H22Cl2Hf2. The predicted octanol–water partition coefficient (Wildman–Crippen LogP) is -0.377. The molecule has 2 aliphatic carbocycles. The number of halogens is 2. The molecule has 0 fully saturated rings. The van der Waals surface area contributed by atoms with Gasteiger partial charge in [0.05, 0.1) is 0 Å². The van der Waals surface area contributed by atoms with Crippen LogP contribution in [0.1, 0.15) is 27.3 Å². The van der Waals surface area contributed by atoms with Crippen molar-refractivity contribution >= 4 is 5.57 Å². The maximum Gasteiger partial charge on any atom is 2.00 e. The van der Waals surface area contributed by atoms with Crippen molar-refractivity contribution in [1.29, 1.82) is 0 Å². The minimum atomic E-state index is -2.37. The maximum absolute atomic E-state index is 2.61. The minimum absolute atomic E-state index is 0. The van der Waals surface area contributed by atoms with Crippen LogP contribution < -0.4 is 24.8 Å². The third kappa shape index (κ3) is 4.05. The molecule has 0 amide bonds. The normalized spacial score (nSPS) is 18.9. The number of allylic oxidation sites excluding steroid dienone is 6. The van der Waals surface area contributed by atoms with Gasteiger partial charge >= 0.3 is 147 Å². The Labute approximate surface area is 170 Å². The molecule has 0 spiro atoms. The van der Waals surface area contributed by atoms with Crippen LogP contribution in [0.5, 0.6) is 0 Å². The van der Waals surface area contributed by atoms with Gasteiger partial charge in [-0.25, -0.2) is 0 Å². The van der Waals surface area contributed by atoms with Gasteiger partial charge in [0.15, 0.2) is 0 Å². The monoisotopic (exact) mass is 668 g/mol. The van der Waals surface area contributed by atoms with Crippen molar-refractivity contribution in [1.82, 2.24) is 0 Å². The Bertz CT molecular complexity index is 604. The van der Waals surface area contributed by atoms with Gasteiger partial charge in [0.25, 0.3) is 0 Å². The molecule has 0 saturated carbocycles. The van der Waals surface area contributed by atoms with Gasteiger partial charge in [0, 0.05) is 0 Å². The molecule has 0 aromatic heterocycles. The average Bonchev–Trinajstić information content (AvgIpc) is 2.98. The number of aryl methyl sites for hydroxylation is 1. The molecule has 1 atom stereocenters. The molecule has 1 aromatic rings. The van der Waals surface area contributed by atoms with Gasteiger partial charge in [0.1, 0.15) is 0 Å². The molecule has 2 aliphatic rings. The number of fused-ring (bicyclic) bond motifs is 1. The van der Waals surface area contributed by atoms with Crippen molar-refractivity contribution in [2.24, 2.45) is 0 Å². The van der Waals surface area contributed by atoms with Crippen LogP contribution in [0.15, 0.2) is 48.6 Å². The van der Waals surface area contributed by atoms with Crippen molar-refractivity contribution in [2.75, 3.05) is 0 Å². The van der Waals surface area contributed by atoms with E-state index in [1.165, 1.54) is 16.7 Å². The first kappa shape index (κ1) is 22.8. The van der Waals surface area contributed by atoms with E-state index in [4.69, 9.17) is 0 Å². The maximum atomic E-state index is 2.61. The molecule has 0 saturated heterocycles. The second kappa shape index (κ2) is 8.74. The van der Waals surface area contributed by atoms with Crippen LogP contribution in [-0.4, -0.2) is 0 Å². The Hall–Kier alpha value is 0.760. The summed E-state index contributed by atoms with van der Waals surface area (Å²) >= 11 is -2.37. The standard InChI is InChI=1S/C11H11.C5H5.2CH3.2ClH.2Hf/c1-8-3-5-10-6-4-9(2)11(10)7-8;1-2-4-5-3-1;;;;;;/h3-7H,1-2H3;1-5H;2*1H3;2*1H;;/q;;;;;;;+2/p-2. The van der Waals surface area contributed by atoms with Gasteiger partial charge in [0.2, 0.25) is 0 Å². The fourth-order valence-electron chi connectivity index (χ4n) is 3.46. The Kier molecular flexibility index (Phi) is 9.04. The van der Waals surface area contributed by atoms with Gasteiger partial charge in [-0.1, -0.05) is 0 Å². The van der Waals surface area contributed by atoms with Crippen LogP contribution >= 0.6 is 0 Å². The fraction of sp³-hybridized carbons (Fsp3) is 0.333. The van der Waals surface area contributed by atoms with E-state index >= 15 is 0 Å². The number of benzene rings is 1. The van der Waals surface area contributed by atoms with E-state index in [1.54, 1.807) is 5.56 Å². The molecule has 3 rings (SSSR count). The summed E-state index contributed by atoms with van der Waals surface area (Å²) in [6.07, 6.45) is 11.9. The Morgan fingerprint density at radius 1 is 0.955 bits per heavy atom. The summed E-state index contributed by atoms with van der Waals surface area (Å²) in [6, 6.07) is 7.03. The van der Waals surface area contributed by atoms with Gasteiger partial charge in [-0.15, -0.1) is 0 Å². The van der Waals surface area contributed by atoms with E-state index in [-0.39, 0.29) is 50.7 Å². The molecule has 116 valence electrons. The second-order valence-corrected chi connectivity index (χ2v) is 24.3. The van der Waals surface area contributed by atoms with Crippen molar-refractivity contribution in [2.45, 2.75) is 30.6 Å². The minimum Gasteiger partial charge on any atom is -1.00 e. The number of hydrogen-bond donors (Lipinski definition) is 0. The summed E-state index contributed by atoms with van der Waals surface area (Å²) in [5.74, 6) is 0. The van der Waals surface area contributed by atoms with Gasteiger partial charge in [-0.05, 0) is 0 Å². The molecule has 1 unspecified atom stereocenters. The first-order chi connectivity index (χ1) is 9.00. The van der Waals surface area contributed by atoms with Crippen LogP contribution in [-0.2, 0) is 45.8 Å². The van der Waals surface area contributed by atoms with Gasteiger partial charge in [-0.2, -0.15) is 0 Å². The van der Waals surface area contributed by atoms with Crippen molar-refractivity contribution in [3.8, 4) is 0 Å². The number of hydrogen-bond acceptors (Lipinski definition) is 0. The van der Waals surface area contributed by atoms with Crippen molar-refractivity contribution < 1.29 is 70.6 Å². The van der Waals surface area contributed by atoms with E-state index in [0.29, 0.717) is 0 Å². The summed E-state index contributed by atoms with van der Waals surface area (Å²) in [5.41, 5.74) is 5.97. The molecule has 4 heteroatoms. The quantitative estimate of drug-likeness (QED) is 0.379. The smallest absolute Gasteiger partial charge is 1.00 e. The first-order valence-electron chi connectivity index (χ1n) is 7.14. The first-order valence-corrected chi connectivity index (χ1v) is 18.5. The van der Waals surface area contributed by atoms with Crippen LogP contribution in [0.2, 0.25) is 13.0 Å². The Morgan fingerprint density at radius 3 is 2.14 bits per heavy atom. The summed E-state index contributed by atoms with van der Waals surface area (Å²) < 4.78 is 6.72. The molecule has 0 bridgehead atoms. The molecular weight excluding hydrogens is 644 g/mol. The molecule has 0 heterocycles. The largest absolute Gasteiger partial charge is 2.00 e. The number of rotatable bonds is 2. The van der Waals surface area contributed by atoms with Gasteiger partial charge < -0.3 is 24.8 Å². The Balaban J connectivity index is 0.00000147. The molecule has 0 aliphatic heterocycles. The van der Waals surface area contributed by atoms with Crippen LogP contribution in [0.4, 0.5) is 0 Å². The molecule has 0 N–H and O–H groups in total. The van der Waals surface area contributed by atoms with Crippen LogP contribution in [0.25, 0.3) is 5.57 Å². The summed E-state index contributed by atoms with van der Waals surface area (Å²) in [7, 11) is 0. The van der Waals surface area contributed by atoms with E-state index < -0.39 is 20.0 Å². The fourth-order valence-corrected chi connectivity index (χ4v) is 15.5. The SMILES string of the molecule is CC1=C[CH]([Hf]([CH3])([CH3])[CH]2C=CC=C2)c2ccc(C)cc21.[Cl-].[Cl-].[Hf+2]. The summed E-state index contributed by atoms with van der Waals surface area (Å²) in [5, 5.41) is 0. The third-order valence-corrected chi connectivity index (χ3v) is 19.8. The van der Waals surface area contributed by atoms with Crippen LogP contribution in [0, 0.1) is 6.92 Å². The summed E-state index contributed by atoms with van der Waals surface area (Å²) in [4.78, 5) is 0. The zero-order valence-corrected chi connectivity index (χ0v) is 22.2. The van der Waals surface area contributed by atoms with Crippen molar-refractivity contribution in [3.63, 3.8) is 0 Å². The third-order valence-electron chi connectivity index (χ3n) is 4.79. The zero-order valence-electron chi connectivity index (χ0n) is 13.5. The molecule has 22 heavy (non-hydrogen) atoms.